The number of hydrogen-bond donors (Lipinski definition) is 1. The zero-order chi connectivity index (χ0) is 14.5. The third-order valence-corrected chi connectivity index (χ3v) is 4.91. The molecule has 2 N–H and O–H groups in total. The van der Waals surface area contributed by atoms with E-state index in [0.29, 0.717) is 5.92 Å². The molecule has 3 nitrogen and oxygen atoms in total. The zero-order valence-electron chi connectivity index (χ0n) is 13.1. The molecule has 1 saturated heterocycles. The minimum absolute atomic E-state index is 0.0715. The molecule has 0 spiro atoms. The van der Waals surface area contributed by atoms with Crippen LogP contribution in [0.4, 0.5) is 0 Å². The number of carbonyl (C=O) groups is 1. The smallest absolute Gasteiger partial charge is 0.158 e. The standard InChI is InChI=1S/C16H29NO2/c1-11-7-6-8-16(17,9-11)13(18)12-10-14(2,3)19-15(12,4)5/h11-12H,6-10,17H2,1-5H3. The number of ether oxygens (including phenoxy) is 1. The van der Waals surface area contributed by atoms with E-state index in [4.69, 9.17) is 10.5 Å². The Morgan fingerprint density at radius 3 is 2.32 bits per heavy atom. The van der Waals surface area contributed by atoms with Gasteiger partial charge in [0.1, 0.15) is 0 Å². The summed E-state index contributed by atoms with van der Waals surface area (Å²) in [6, 6.07) is 0. The number of Topliss-reactive ketones (excluding diaryl/α,β-unsaturated/α-hetero) is 1. The van der Waals surface area contributed by atoms with Crippen LogP contribution in [0.5, 0.6) is 0 Å². The lowest BCUT2D eigenvalue weighted by atomic mass is 9.68. The van der Waals surface area contributed by atoms with E-state index in [1.807, 2.05) is 13.8 Å². The van der Waals surface area contributed by atoms with Crippen LogP contribution in [0.25, 0.3) is 0 Å². The number of nitrogens with two attached hydrogens (primary N) is 1. The van der Waals surface area contributed by atoms with Crippen LogP contribution in [-0.2, 0) is 9.53 Å². The first-order chi connectivity index (χ1) is 8.56. The van der Waals surface area contributed by atoms with E-state index >= 15 is 0 Å². The molecule has 0 bridgehead atoms. The summed E-state index contributed by atoms with van der Waals surface area (Å²) >= 11 is 0. The highest BCUT2D eigenvalue weighted by Crippen LogP contribution is 2.45. The maximum Gasteiger partial charge on any atom is 0.158 e. The van der Waals surface area contributed by atoms with Gasteiger partial charge < -0.3 is 10.5 Å². The van der Waals surface area contributed by atoms with Gasteiger partial charge in [0.05, 0.1) is 22.7 Å². The minimum Gasteiger partial charge on any atom is -0.369 e. The van der Waals surface area contributed by atoms with Gasteiger partial charge in [-0.3, -0.25) is 4.79 Å². The van der Waals surface area contributed by atoms with Gasteiger partial charge >= 0.3 is 0 Å². The topological polar surface area (TPSA) is 52.3 Å². The van der Waals surface area contributed by atoms with Gasteiger partial charge in [0.15, 0.2) is 5.78 Å². The van der Waals surface area contributed by atoms with Gasteiger partial charge in [-0.25, -0.2) is 0 Å². The van der Waals surface area contributed by atoms with Crippen LogP contribution in [-0.4, -0.2) is 22.5 Å². The van der Waals surface area contributed by atoms with Crippen molar-refractivity contribution in [1.29, 1.82) is 0 Å². The van der Waals surface area contributed by atoms with Crippen molar-refractivity contribution < 1.29 is 9.53 Å². The zero-order valence-corrected chi connectivity index (χ0v) is 13.1. The van der Waals surface area contributed by atoms with Gasteiger partial charge in [0, 0.05) is 0 Å². The molecule has 0 aromatic rings. The van der Waals surface area contributed by atoms with Gasteiger partial charge in [-0.2, -0.15) is 0 Å². The van der Waals surface area contributed by atoms with Crippen molar-refractivity contribution in [2.45, 2.75) is 83.5 Å². The SMILES string of the molecule is CC1CCCC(N)(C(=O)C2CC(C)(C)OC2(C)C)C1. The summed E-state index contributed by atoms with van der Waals surface area (Å²) in [5.41, 5.74) is 5.24. The number of carbonyl (C=O) groups excluding carboxylic acids is 1. The van der Waals surface area contributed by atoms with Crippen LogP contribution in [0.1, 0.15) is 66.7 Å². The Hall–Kier alpha value is -0.410. The Kier molecular flexibility index (Phi) is 3.60. The molecule has 1 aliphatic carbocycles. The average Bonchev–Trinajstić information content (AvgIpc) is 2.45. The van der Waals surface area contributed by atoms with Crippen LogP contribution in [0.2, 0.25) is 0 Å². The molecule has 1 aliphatic heterocycles. The second-order valence-electron chi connectivity index (χ2n) is 7.94. The molecule has 0 radical (unpaired) electrons. The van der Waals surface area contributed by atoms with Crippen molar-refractivity contribution in [2.24, 2.45) is 17.6 Å². The second kappa shape index (κ2) is 4.56. The predicted molar refractivity (Wildman–Crippen MR) is 76.9 cm³/mol. The monoisotopic (exact) mass is 267 g/mol. The fourth-order valence-corrected chi connectivity index (χ4v) is 4.13. The number of rotatable bonds is 2. The quantitative estimate of drug-likeness (QED) is 0.836. The molecule has 1 heterocycles. The first kappa shape index (κ1) is 15.0. The first-order valence-corrected chi connectivity index (χ1v) is 7.59. The fraction of sp³-hybridized carbons (Fsp3) is 0.938. The summed E-state index contributed by atoms with van der Waals surface area (Å²) in [6.07, 6.45) is 4.72. The van der Waals surface area contributed by atoms with Crippen LogP contribution in [0, 0.1) is 11.8 Å². The molecule has 3 heteroatoms. The lowest BCUT2D eigenvalue weighted by Crippen LogP contribution is -2.56. The Morgan fingerprint density at radius 1 is 1.21 bits per heavy atom. The summed E-state index contributed by atoms with van der Waals surface area (Å²) in [6.45, 7) is 10.4. The van der Waals surface area contributed by atoms with Crippen LogP contribution < -0.4 is 5.73 Å². The van der Waals surface area contributed by atoms with E-state index in [-0.39, 0.29) is 17.3 Å². The molecule has 3 unspecified atom stereocenters. The van der Waals surface area contributed by atoms with E-state index in [2.05, 4.69) is 20.8 Å². The fourth-order valence-electron chi connectivity index (χ4n) is 4.13. The third kappa shape index (κ3) is 2.87. The Bertz CT molecular complexity index is 375. The highest BCUT2D eigenvalue weighted by atomic mass is 16.5. The Labute approximate surface area is 117 Å². The van der Waals surface area contributed by atoms with E-state index < -0.39 is 11.1 Å². The van der Waals surface area contributed by atoms with Crippen LogP contribution in [0.3, 0.4) is 0 Å². The first-order valence-electron chi connectivity index (χ1n) is 7.59. The molecule has 2 rings (SSSR count). The molecular weight excluding hydrogens is 238 g/mol. The van der Waals surface area contributed by atoms with E-state index in [1.165, 1.54) is 6.42 Å². The van der Waals surface area contributed by atoms with Crippen molar-refractivity contribution in [3.8, 4) is 0 Å². The molecule has 110 valence electrons. The van der Waals surface area contributed by atoms with Gasteiger partial charge in [0.25, 0.3) is 0 Å². The predicted octanol–water partition coefficient (Wildman–Crippen LogP) is 3.06. The van der Waals surface area contributed by atoms with Gasteiger partial charge in [-0.15, -0.1) is 0 Å². The lowest BCUT2D eigenvalue weighted by molar-refractivity contribution is -0.136. The maximum absolute atomic E-state index is 13.0. The number of ketones is 1. The van der Waals surface area contributed by atoms with Crippen LogP contribution in [0.15, 0.2) is 0 Å². The molecule has 2 fully saturated rings. The van der Waals surface area contributed by atoms with Gasteiger partial charge in [0.2, 0.25) is 0 Å². The van der Waals surface area contributed by atoms with Crippen molar-refractivity contribution >= 4 is 5.78 Å². The largest absolute Gasteiger partial charge is 0.369 e. The Balaban J connectivity index is 2.19. The summed E-state index contributed by atoms with van der Waals surface area (Å²) in [7, 11) is 0. The summed E-state index contributed by atoms with van der Waals surface area (Å²) in [5, 5.41) is 0. The molecule has 0 aromatic heterocycles. The van der Waals surface area contributed by atoms with E-state index in [9.17, 15) is 4.79 Å². The maximum atomic E-state index is 13.0. The summed E-state index contributed by atoms with van der Waals surface area (Å²) < 4.78 is 6.06. The molecular formula is C16H29NO2. The normalized spacial score (nSPS) is 41.2. The third-order valence-electron chi connectivity index (χ3n) is 4.91. The Morgan fingerprint density at radius 2 is 1.84 bits per heavy atom. The van der Waals surface area contributed by atoms with Crippen LogP contribution >= 0.6 is 0 Å². The second-order valence-corrected chi connectivity index (χ2v) is 7.94. The van der Waals surface area contributed by atoms with Crippen molar-refractivity contribution in [1.82, 2.24) is 0 Å². The lowest BCUT2D eigenvalue weighted by Gasteiger charge is -2.39. The summed E-state index contributed by atoms with van der Waals surface area (Å²) in [4.78, 5) is 13.0. The van der Waals surface area contributed by atoms with E-state index in [1.54, 1.807) is 0 Å². The van der Waals surface area contributed by atoms with Crippen molar-refractivity contribution in [3.05, 3.63) is 0 Å². The van der Waals surface area contributed by atoms with Gasteiger partial charge in [-0.05, 0) is 52.9 Å². The molecule has 1 saturated carbocycles. The molecule has 0 aromatic carbocycles. The molecule has 19 heavy (non-hydrogen) atoms. The van der Waals surface area contributed by atoms with E-state index in [0.717, 1.165) is 25.7 Å². The number of hydrogen-bond acceptors (Lipinski definition) is 3. The highest BCUT2D eigenvalue weighted by Gasteiger charge is 2.53. The van der Waals surface area contributed by atoms with Crippen molar-refractivity contribution in [2.75, 3.05) is 0 Å². The molecule has 2 aliphatic rings. The average molecular weight is 267 g/mol. The highest BCUT2D eigenvalue weighted by molar-refractivity contribution is 5.91. The minimum atomic E-state index is -0.622. The molecule has 3 atom stereocenters. The summed E-state index contributed by atoms with van der Waals surface area (Å²) in [5.74, 6) is 0.716. The van der Waals surface area contributed by atoms with Gasteiger partial charge in [-0.1, -0.05) is 19.8 Å². The van der Waals surface area contributed by atoms with Crippen molar-refractivity contribution in [3.63, 3.8) is 0 Å². The molecule has 0 amide bonds.